The summed E-state index contributed by atoms with van der Waals surface area (Å²) in [4.78, 5) is 46.6. The fourth-order valence-corrected chi connectivity index (χ4v) is 6.17. The Kier molecular flexibility index (Phi) is 11.9. The molecule has 3 aromatic heterocycles. The van der Waals surface area contributed by atoms with Gasteiger partial charge in [-0.05, 0) is 61.8 Å². The van der Waals surface area contributed by atoms with Gasteiger partial charge in [0.05, 0.1) is 11.4 Å². The molecular formula is C36H44N4NiO2. The number of rotatable bonds is 10. The van der Waals surface area contributed by atoms with E-state index >= 15 is 0 Å². The van der Waals surface area contributed by atoms with Crippen LogP contribution in [-0.4, -0.2) is 21.5 Å². The van der Waals surface area contributed by atoms with Crippen LogP contribution < -0.4 is 9.97 Å². The van der Waals surface area contributed by atoms with Crippen LogP contribution in [0.2, 0.25) is 0 Å². The third kappa shape index (κ3) is 6.62. The molecule has 4 rings (SSSR count). The van der Waals surface area contributed by atoms with Gasteiger partial charge in [-0.2, -0.15) is 0 Å². The van der Waals surface area contributed by atoms with Gasteiger partial charge in [0.15, 0.2) is 11.6 Å². The van der Waals surface area contributed by atoms with Crippen LogP contribution in [0.4, 0.5) is 0 Å². The molecule has 6 bridgehead atoms. The second-order valence-corrected chi connectivity index (χ2v) is 10.7. The molecule has 3 aromatic rings. The Morgan fingerprint density at radius 3 is 1.12 bits per heavy atom. The topological polar surface area (TPSA) is 88.1 Å². The van der Waals surface area contributed by atoms with Gasteiger partial charge < -0.3 is 9.97 Å². The molecule has 1 aliphatic heterocycles. The average Bonchev–Trinajstić information content (AvgIpc) is 3.63. The number of hydrogen-bond donors (Lipinski definition) is 0. The zero-order valence-corrected chi connectivity index (χ0v) is 27.9. The van der Waals surface area contributed by atoms with Gasteiger partial charge in [-0.3, -0.25) is 9.59 Å². The summed E-state index contributed by atoms with van der Waals surface area (Å²) in [5.41, 5.74) is 12.6. The number of aromatic nitrogens is 4. The quantitative estimate of drug-likeness (QED) is 0.166. The molecule has 0 saturated carbocycles. The van der Waals surface area contributed by atoms with Gasteiger partial charge in [-0.1, -0.05) is 89.8 Å². The van der Waals surface area contributed by atoms with Crippen LogP contribution in [0.1, 0.15) is 136 Å². The fourth-order valence-electron chi connectivity index (χ4n) is 6.17. The SMILES string of the molecule is CCC(=O)c1cc2[n-]c(cc3nc(cc4[n-]c(cc(C(=O)CC)n1)c(CC)c4CC)C(CC)=C3CC)c(CC)c2CC.[Ni+2]. The first-order valence-corrected chi connectivity index (χ1v) is 15.7. The van der Waals surface area contributed by atoms with Crippen molar-refractivity contribution in [2.75, 3.05) is 0 Å². The summed E-state index contributed by atoms with van der Waals surface area (Å²) in [6.45, 7) is 16.5. The molecule has 230 valence electrons. The van der Waals surface area contributed by atoms with E-state index in [0.29, 0.717) is 0 Å². The molecule has 1 aliphatic rings. The van der Waals surface area contributed by atoms with E-state index in [9.17, 15) is 9.59 Å². The van der Waals surface area contributed by atoms with Crippen molar-refractivity contribution in [1.29, 1.82) is 0 Å². The Bertz CT molecular complexity index is 1590. The number of allylic oxidation sites excluding steroid dienone is 2. The molecular weight excluding hydrogens is 579 g/mol. The molecule has 4 heterocycles. The van der Waals surface area contributed by atoms with E-state index in [1.165, 1.54) is 11.1 Å². The second kappa shape index (κ2) is 14.9. The molecule has 0 spiro atoms. The Hall–Kier alpha value is -3.31. The summed E-state index contributed by atoms with van der Waals surface area (Å²) in [5, 5.41) is 0. The molecule has 0 amide bonds. The first kappa shape index (κ1) is 34.2. The summed E-state index contributed by atoms with van der Waals surface area (Å²) in [5.74, 6) is -0.255. The van der Waals surface area contributed by atoms with Crippen LogP contribution in [-0.2, 0) is 42.2 Å². The van der Waals surface area contributed by atoms with Gasteiger partial charge in [-0.25, -0.2) is 9.97 Å². The van der Waals surface area contributed by atoms with Crippen LogP contribution in [0.15, 0.2) is 24.3 Å². The summed E-state index contributed by atoms with van der Waals surface area (Å²) in [6, 6.07) is 7.79. The first-order valence-electron chi connectivity index (χ1n) is 15.7. The summed E-state index contributed by atoms with van der Waals surface area (Å²) >= 11 is 0. The van der Waals surface area contributed by atoms with Gasteiger partial charge >= 0.3 is 16.5 Å². The number of carbonyl (C=O) groups excluding carboxylic acids is 2. The number of fused-ring (bicyclic) bond motifs is 6. The summed E-state index contributed by atoms with van der Waals surface area (Å²) < 4.78 is 0. The van der Waals surface area contributed by atoms with Crippen molar-refractivity contribution in [3.05, 3.63) is 69.3 Å². The number of aryl methyl sites for hydroxylation is 4. The standard InChI is InChI=1S/C36H45N4O2.Ni/c1-9-21-22(10-2)28-18-30-24(12-4)26(14-6)32(39-30)20-34(36(42)16-8)40-33(35(41)15-7)19-31-25(13-5)23(11-3)29(38-31)17-27(21)37-28;/h17-20H,9-16H2,1-8H3,(H-,37,38,39,40,41,42);/q-1;+2/p-1. The van der Waals surface area contributed by atoms with Gasteiger partial charge in [0.1, 0.15) is 11.4 Å². The predicted molar refractivity (Wildman–Crippen MR) is 173 cm³/mol. The molecule has 0 atom stereocenters. The largest absolute Gasteiger partial charge is 2.00 e. The summed E-state index contributed by atoms with van der Waals surface area (Å²) in [7, 11) is 0. The van der Waals surface area contributed by atoms with E-state index in [2.05, 4.69) is 53.7 Å². The monoisotopic (exact) mass is 622 g/mol. The van der Waals surface area contributed by atoms with Crippen LogP contribution in [0.5, 0.6) is 0 Å². The number of nitrogens with zero attached hydrogens (tertiary/aromatic N) is 4. The first-order chi connectivity index (χ1) is 20.3. The van der Waals surface area contributed by atoms with E-state index in [1.807, 2.05) is 13.8 Å². The Morgan fingerprint density at radius 2 is 0.837 bits per heavy atom. The third-order valence-corrected chi connectivity index (χ3v) is 8.34. The molecule has 0 aliphatic carbocycles. The minimum Gasteiger partial charge on any atom is -0.657 e. The van der Waals surface area contributed by atoms with Gasteiger partial charge in [-0.15, -0.1) is 22.1 Å². The number of hydrogen-bond acceptors (Lipinski definition) is 4. The maximum Gasteiger partial charge on any atom is 2.00 e. The minimum atomic E-state index is -0.128. The zero-order valence-electron chi connectivity index (χ0n) is 26.9. The molecule has 0 unspecified atom stereocenters. The number of Topliss-reactive ketones (excluding diaryl/α,β-unsaturated/α-hetero) is 2. The van der Waals surface area contributed by atoms with E-state index in [0.717, 1.165) is 94.2 Å². The van der Waals surface area contributed by atoms with Crippen molar-refractivity contribution in [2.45, 2.75) is 107 Å². The maximum absolute atomic E-state index is 13.3. The molecule has 0 fully saturated rings. The van der Waals surface area contributed by atoms with Crippen LogP contribution in [0, 0.1) is 0 Å². The van der Waals surface area contributed by atoms with Crippen molar-refractivity contribution in [3.63, 3.8) is 0 Å². The van der Waals surface area contributed by atoms with Gasteiger partial charge in [0, 0.05) is 12.8 Å². The Balaban J connectivity index is 0.00000506. The van der Waals surface area contributed by atoms with Gasteiger partial charge in [0.25, 0.3) is 0 Å². The molecule has 0 radical (unpaired) electrons. The smallest absolute Gasteiger partial charge is 0.657 e. The van der Waals surface area contributed by atoms with Crippen LogP contribution in [0.3, 0.4) is 0 Å². The zero-order chi connectivity index (χ0) is 30.6. The number of carbonyl (C=O) groups is 2. The third-order valence-electron chi connectivity index (χ3n) is 8.34. The van der Waals surface area contributed by atoms with E-state index in [-0.39, 0.29) is 52.3 Å². The molecule has 6 nitrogen and oxygen atoms in total. The average molecular weight is 623 g/mol. The van der Waals surface area contributed by atoms with Crippen molar-refractivity contribution in [2.24, 2.45) is 0 Å². The molecule has 7 heteroatoms. The number of ketones is 2. The predicted octanol–water partition coefficient (Wildman–Crippen LogP) is 8.42. The minimum absolute atomic E-state index is 0. The van der Waals surface area contributed by atoms with Gasteiger partial charge in [0.2, 0.25) is 0 Å². The molecule has 0 aromatic carbocycles. The van der Waals surface area contributed by atoms with E-state index in [4.69, 9.17) is 19.9 Å². The maximum atomic E-state index is 13.3. The Morgan fingerprint density at radius 1 is 0.512 bits per heavy atom. The van der Waals surface area contributed by atoms with E-state index < -0.39 is 0 Å². The van der Waals surface area contributed by atoms with Crippen LogP contribution in [0.25, 0.3) is 33.2 Å². The van der Waals surface area contributed by atoms with Crippen molar-refractivity contribution in [1.82, 2.24) is 19.9 Å². The molecule has 43 heavy (non-hydrogen) atoms. The van der Waals surface area contributed by atoms with Crippen molar-refractivity contribution < 1.29 is 26.1 Å². The normalized spacial score (nSPS) is 11.9. The van der Waals surface area contributed by atoms with E-state index in [1.54, 1.807) is 12.1 Å². The van der Waals surface area contributed by atoms with Crippen LogP contribution >= 0.6 is 0 Å². The Labute approximate surface area is 266 Å². The van der Waals surface area contributed by atoms with Crippen molar-refractivity contribution >= 4 is 44.8 Å². The van der Waals surface area contributed by atoms with Crippen molar-refractivity contribution in [3.8, 4) is 0 Å². The summed E-state index contributed by atoms with van der Waals surface area (Å²) in [6.07, 6.45) is 5.45. The fraction of sp³-hybridized carbons (Fsp3) is 0.444. The molecule has 0 saturated heterocycles. The second-order valence-electron chi connectivity index (χ2n) is 10.7. The molecule has 0 N–H and O–H groups in total.